The first-order valence-electron chi connectivity index (χ1n) is 19.7. The zero-order valence-corrected chi connectivity index (χ0v) is 32.1. The molecule has 3 amide bonds. The number of amides is 3. The number of alkyl carbamates (subject to hydrolysis) is 1. The van der Waals surface area contributed by atoms with E-state index >= 15 is 8.78 Å². The second-order valence-corrected chi connectivity index (χ2v) is 18.0. The summed E-state index contributed by atoms with van der Waals surface area (Å²) in [5, 5.41) is 1.85. The SMILES string of the molecule is O=C1N[C@H]2CCCCCCC[C@@H]3C[C@@]3(C(=O)NS(=O)(=O)C3CC3)CC(=O)[C@@H]3C[C@H](CN3C2=O)Oc2nc3ccccc3nc2-c2cccc(c2)OCC(F)(F)CO1. The fourth-order valence-corrected chi connectivity index (χ4v) is 9.73. The number of benzene rings is 2. The number of carbonyl (C=O) groups is 4. The maximum absolute atomic E-state index is 15.0. The highest BCUT2D eigenvalue weighted by Gasteiger charge is 2.62. The molecular weight excluding hydrogens is 765 g/mol. The number of nitrogens with zero attached hydrogens (tertiary/aromatic N) is 3. The zero-order valence-electron chi connectivity index (χ0n) is 31.3. The van der Waals surface area contributed by atoms with Gasteiger partial charge in [0.1, 0.15) is 23.6 Å². The van der Waals surface area contributed by atoms with Crippen LogP contribution in [-0.4, -0.2) is 96.1 Å². The van der Waals surface area contributed by atoms with E-state index < -0.39 is 81.7 Å². The number of rotatable bonds is 3. The number of ketones is 1. The van der Waals surface area contributed by atoms with Crippen LogP contribution >= 0.6 is 0 Å². The predicted octanol–water partition coefficient (Wildman–Crippen LogP) is 5.09. The molecule has 5 atom stereocenters. The molecule has 5 bridgehead atoms. The Bertz CT molecular complexity index is 2190. The number of para-hydroxylation sites is 2. The van der Waals surface area contributed by atoms with Gasteiger partial charge in [-0.2, -0.15) is 8.78 Å². The molecule has 3 aromatic rings. The second kappa shape index (κ2) is 15.4. The van der Waals surface area contributed by atoms with Gasteiger partial charge in [-0.3, -0.25) is 19.1 Å². The summed E-state index contributed by atoms with van der Waals surface area (Å²) >= 11 is 0. The number of nitrogens with one attached hydrogen (secondary N) is 2. The van der Waals surface area contributed by atoms with Crippen LogP contribution in [0.1, 0.15) is 77.0 Å². The molecule has 2 saturated carbocycles. The van der Waals surface area contributed by atoms with E-state index in [2.05, 4.69) is 10.0 Å². The largest absolute Gasteiger partial charge is 0.487 e. The van der Waals surface area contributed by atoms with Gasteiger partial charge >= 0.3 is 12.0 Å². The van der Waals surface area contributed by atoms with Gasteiger partial charge in [-0.15, -0.1) is 0 Å². The van der Waals surface area contributed by atoms with Crippen molar-refractivity contribution < 1.29 is 50.6 Å². The molecule has 304 valence electrons. The minimum absolute atomic E-state index is 0.00615. The third kappa shape index (κ3) is 8.53. The molecule has 2 saturated heterocycles. The molecular formula is C40H45F2N5O9S. The Balaban J connectivity index is 1.17. The summed E-state index contributed by atoms with van der Waals surface area (Å²) in [7, 11) is -3.89. The number of aromatic nitrogens is 2. The third-order valence-electron chi connectivity index (χ3n) is 11.7. The molecule has 2 aliphatic carbocycles. The first kappa shape index (κ1) is 38.9. The van der Waals surface area contributed by atoms with Crippen molar-refractivity contribution in [1.29, 1.82) is 0 Å². The van der Waals surface area contributed by atoms with Gasteiger partial charge < -0.3 is 24.4 Å². The van der Waals surface area contributed by atoms with Gasteiger partial charge in [-0.05, 0) is 62.3 Å². The highest BCUT2D eigenvalue weighted by molar-refractivity contribution is 7.90. The van der Waals surface area contributed by atoms with Crippen molar-refractivity contribution in [3.8, 4) is 22.9 Å². The van der Waals surface area contributed by atoms with E-state index in [-0.39, 0.29) is 49.0 Å². The number of carbonyl (C=O) groups excluding carboxylic acids is 4. The number of Topliss-reactive ketones (excluding diaryl/α,β-unsaturated/α-hetero) is 1. The lowest BCUT2D eigenvalue weighted by Crippen LogP contribution is -2.52. The molecule has 3 aliphatic heterocycles. The van der Waals surface area contributed by atoms with Crippen LogP contribution in [0.4, 0.5) is 13.6 Å². The minimum Gasteiger partial charge on any atom is -0.487 e. The molecule has 4 heterocycles. The third-order valence-corrected chi connectivity index (χ3v) is 13.5. The average molecular weight is 810 g/mol. The molecule has 4 fully saturated rings. The van der Waals surface area contributed by atoms with Crippen LogP contribution in [0.2, 0.25) is 0 Å². The molecule has 17 heteroatoms. The van der Waals surface area contributed by atoms with Gasteiger partial charge in [-0.1, -0.05) is 56.4 Å². The van der Waals surface area contributed by atoms with Gasteiger partial charge in [0.05, 0.1) is 34.3 Å². The van der Waals surface area contributed by atoms with Crippen LogP contribution in [0.25, 0.3) is 22.3 Å². The lowest BCUT2D eigenvalue weighted by molar-refractivity contribution is -0.140. The standard InChI is InChI=1S/C40H45F2N5O9S/c41-40(42)22-54-26-11-8-9-24(17-26)34-35(44-30-13-7-6-12-29(30)43-34)56-27-18-32-33(48)20-39(37(50)46-57(52,53)28-15-16-28)19-25(39)10-4-2-1-3-5-14-31(36(49)47(32)21-27)45-38(51)55-23-40/h6-9,11-13,17,25,27-28,31-32H,1-5,10,14-16,18-23H2,(H,45,51)(H,46,50)/t25-,27-,31+,32+,39-/m1/s1. The van der Waals surface area contributed by atoms with Crippen LogP contribution in [-0.2, 0) is 29.1 Å². The number of hydrogen-bond acceptors (Lipinski definition) is 11. The van der Waals surface area contributed by atoms with Crippen molar-refractivity contribution in [1.82, 2.24) is 24.9 Å². The van der Waals surface area contributed by atoms with Crippen molar-refractivity contribution in [3.63, 3.8) is 0 Å². The molecule has 57 heavy (non-hydrogen) atoms. The smallest absolute Gasteiger partial charge is 0.408 e. The molecule has 5 aliphatic rings. The van der Waals surface area contributed by atoms with E-state index in [1.807, 2.05) is 0 Å². The summed E-state index contributed by atoms with van der Waals surface area (Å²) in [6.07, 6.45) is 3.28. The predicted molar refractivity (Wildman–Crippen MR) is 201 cm³/mol. The van der Waals surface area contributed by atoms with Gasteiger partial charge in [0.2, 0.25) is 27.7 Å². The van der Waals surface area contributed by atoms with E-state index in [9.17, 15) is 27.6 Å². The summed E-state index contributed by atoms with van der Waals surface area (Å²) < 4.78 is 75.1. The molecule has 14 nitrogen and oxygen atoms in total. The Labute approximate surface area is 328 Å². The molecule has 0 radical (unpaired) electrons. The number of sulfonamides is 1. The second-order valence-electron chi connectivity index (χ2n) is 16.0. The highest BCUT2D eigenvalue weighted by atomic mass is 32.2. The van der Waals surface area contributed by atoms with Crippen LogP contribution in [0, 0.1) is 11.3 Å². The first-order valence-corrected chi connectivity index (χ1v) is 21.2. The van der Waals surface area contributed by atoms with E-state index in [4.69, 9.17) is 24.2 Å². The van der Waals surface area contributed by atoms with Crippen LogP contribution < -0.4 is 19.5 Å². The van der Waals surface area contributed by atoms with Crippen LogP contribution in [0.15, 0.2) is 48.5 Å². The van der Waals surface area contributed by atoms with Crippen LogP contribution in [0.3, 0.4) is 0 Å². The van der Waals surface area contributed by atoms with Crippen molar-refractivity contribution in [2.24, 2.45) is 11.3 Å². The van der Waals surface area contributed by atoms with E-state index in [0.29, 0.717) is 55.1 Å². The Morgan fingerprint density at radius 2 is 1.61 bits per heavy atom. The minimum atomic E-state index is -3.89. The Morgan fingerprint density at radius 1 is 0.895 bits per heavy atom. The van der Waals surface area contributed by atoms with Crippen molar-refractivity contribution in [3.05, 3.63) is 48.5 Å². The van der Waals surface area contributed by atoms with Gasteiger partial charge in [0.25, 0.3) is 0 Å². The fourth-order valence-electron chi connectivity index (χ4n) is 8.34. The molecule has 0 spiro atoms. The fraction of sp³-hybridized carbons (Fsp3) is 0.550. The summed E-state index contributed by atoms with van der Waals surface area (Å²) in [5.41, 5.74) is 0.495. The lowest BCUT2D eigenvalue weighted by Gasteiger charge is -2.29. The Kier molecular flexibility index (Phi) is 10.5. The molecule has 8 rings (SSSR count). The number of halogens is 2. The maximum Gasteiger partial charge on any atom is 0.408 e. The average Bonchev–Trinajstić information content (AvgIpc) is 4.11. The van der Waals surface area contributed by atoms with E-state index in [1.165, 1.54) is 17.0 Å². The number of cyclic esters (lactones) is 1. The number of alkyl halides is 2. The molecule has 0 unspecified atom stereocenters. The quantitative estimate of drug-likeness (QED) is 0.360. The van der Waals surface area contributed by atoms with Crippen LogP contribution in [0.5, 0.6) is 11.6 Å². The Morgan fingerprint density at radius 3 is 2.39 bits per heavy atom. The van der Waals surface area contributed by atoms with E-state index in [0.717, 1.165) is 19.3 Å². The van der Waals surface area contributed by atoms with Gasteiger partial charge in [0, 0.05) is 18.4 Å². The number of ether oxygens (including phenoxy) is 3. The van der Waals surface area contributed by atoms with Gasteiger partial charge in [0.15, 0.2) is 19.0 Å². The van der Waals surface area contributed by atoms with Crippen molar-refractivity contribution in [2.75, 3.05) is 19.8 Å². The highest BCUT2D eigenvalue weighted by Crippen LogP contribution is 2.59. The summed E-state index contributed by atoms with van der Waals surface area (Å²) in [4.78, 5) is 66.9. The lowest BCUT2D eigenvalue weighted by atomic mass is 9.90. The topological polar surface area (TPSA) is 183 Å². The molecule has 2 N–H and O–H groups in total. The zero-order chi connectivity index (χ0) is 40.0. The molecule has 1 aromatic heterocycles. The number of fused-ring (bicyclic) bond motifs is 8. The van der Waals surface area contributed by atoms with Crippen molar-refractivity contribution in [2.45, 2.75) is 106 Å². The molecule has 2 aromatic carbocycles. The summed E-state index contributed by atoms with van der Waals surface area (Å²) in [6.45, 7) is -2.54. The normalized spacial score (nSPS) is 28.5. The Hall–Kier alpha value is -4.93. The van der Waals surface area contributed by atoms with E-state index in [1.54, 1.807) is 36.4 Å². The monoisotopic (exact) mass is 809 g/mol. The van der Waals surface area contributed by atoms with Gasteiger partial charge in [-0.25, -0.2) is 23.2 Å². The van der Waals surface area contributed by atoms with Crippen molar-refractivity contribution >= 4 is 44.7 Å². The summed E-state index contributed by atoms with van der Waals surface area (Å²) in [5.74, 6) is -5.42. The number of hydrogen-bond donors (Lipinski definition) is 2. The maximum atomic E-state index is 15.0. The first-order chi connectivity index (χ1) is 27.3. The summed E-state index contributed by atoms with van der Waals surface area (Å²) in [6, 6.07) is 11.0.